The van der Waals surface area contributed by atoms with Crippen molar-refractivity contribution < 1.29 is 18.8 Å². The molecule has 1 amide bonds. The van der Waals surface area contributed by atoms with Gasteiger partial charge in [0.2, 0.25) is 0 Å². The molecule has 9 heteroatoms. The van der Waals surface area contributed by atoms with Crippen LogP contribution in [0.3, 0.4) is 0 Å². The van der Waals surface area contributed by atoms with Gasteiger partial charge in [0.15, 0.2) is 0 Å². The lowest BCUT2D eigenvalue weighted by molar-refractivity contribution is 0.00578. The Labute approximate surface area is 187 Å². The maximum absolute atomic E-state index is 12.3. The second-order valence-corrected chi connectivity index (χ2v) is 8.79. The average Bonchev–Trinajstić information content (AvgIpc) is 3.31. The molecule has 0 atom stereocenters. The van der Waals surface area contributed by atoms with Crippen molar-refractivity contribution in [1.82, 2.24) is 20.5 Å². The molecular weight excluding hydrogens is 407 g/mol. The number of alkyl carbamates (subject to hydrolysis) is 1. The number of pyridine rings is 1. The summed E-state index contributed by atoms with van der Waals surface area (Å²) in [7, 11) is -0.628. The normalized spacial score (nSPS) is 17.5. The van der Waals surface area contributed by atoms with Gasteiger partial charge < -0.3 is 19.4 Å². The molecule has 32 heavy (non-hydrogen) atoms. The van der Waals surface area contributed by atoms with Crippen LogP contribution < -0.4 is 5.32 Å². The zero-order valence-corrected chi connectivity index (χ0v) is 18.7. The summed E-state index contributed by atoms with van der Waals surface area (Å²) in [6, 6.07) is 11.4. The largest absolute Gasteiger partial charge is 0.492 e. The number of hydrogen-bond donors (Lipinski definition) is 2. The van der Waals surface area contributed by atoms with E-state index in [9.17, 15) is 4.79 Å². The van der Waals surface area contributed by atoms with Gasteiger partial charge in [-0.3, -0.25) is 10.1 Å². The molecule has 1 aliphatic rings. The number of carbonyl (C=O) groups excluding carboxylic acids is 1. The molecule has 2 N–H and O–H groups in total. The third-order valence-corrected chi connectivity index (χ3v) is 5.88. The van der Waals surface area contributed by atoms with E-state index in [1.807, 2.05) is 70.2 Å². The van der Waals surface area contributed by atoms with E-state index in [1.165, 1.54) is 0 Å². The van der Waals surface area contributed by atoms with Gasteiger partial charge in [0.1, 0.15) is 6.61 Å². The van der Waals surface area contributed by atoms with Crippen LogP contribution in [0.4, 0.5) is 4.79 Å². The molecule has 1 saturated heterocycles. The van der Waals surface area contributed by atoms with Crippen LogP contribution in [-0.4, -0.2) is 46.1 Å². The minimum absolute atomic E-state index is 0.190. The SMILES string of the molecule is CC1(C)OB(C(=Cc2cc3cn[nH]c3cn2)CNC(=O)OCc2ccccc2)OC1(C)C. The standard InChI is InChI=1S/C23H27BN4O4/c1-22(2)23(3,4)32-24(31-22)18(11-19-10-17-12-27-28-20(17)14-25-19)13-26-21(29)30-15-16-8-6-5-7-9-16/h5-12,14H,13,15H2,1-4H3,(H,26,29)(H,27,28). The number of nitrogens with zero attached hydrogens (tertiary/aromatic N) is 2. The van der Waals surface area contributed by atoms with E-state index >= 15 is 0 Å². The summed E-state index contributed by atoms with van der Waals surface area (Å²) in [6.07, 6.45) is 4.81. The van der Waals surface area contributed by atoms with Gasteiger partial charge in [-0.2, -0.15) is 5.10 Å². The lowest BCUT2D eigenvalue weighted by Gasteiger charge is -2.32. The van der Waals surface area contributed by atoms with Gasteiger partial charge in [-0.15, -0.1) is 0 Å². The summed E-state index contributed by atoms with van der Waals surface area (Å²) >= 11 is 0. The van der Waals surface area contributed by atoms with E-state index < -0.39 is 24.4 Å². The highest BCUT2D eigenvalue weighted by Gasteiger charge is 2.52. The van der Waals surface area contributed by atoms with E-state index in [-0.39, 0.29) is 13.2 Å². The molecule has 1 aromatic carbocycles. The molecule has 2 aromatic heterocycles. The van der Waals surface area contributed by atoms with Gasteiger partial charge in [0.25, 0.3) is 0 Å². The first kappa shape index (κ1) is 22.0. The van der Waals surface area contributed by atoms with Crippen LogP contribution in [0.5, 0.6) is 0 Å². The number of rotatable bonds is 6. The number of aromatic nitrogens is 3. The van der Waals surface area contributed by atoms with Crippen molar-refractivity contribution in [3.63, 3.8) is 0 Å². The number of amides is 1. The van der Waals surface area contributed by atoms with Crippen molar-refractivity contribution in [2.75, 3.05) is 6.54 Å². The predicted octanol–water partition coefficient (Wildman–Crippen LogP) is 3.90. The van der Waals surface area contributed by atoms with Crippen LogP contribution in [0.25, 0.3) is 17.0 Å². The van der Waals surface area contributed by atoms with Crippen LogP contribution in [0.1, 0.15) is 39.0 Å². The number of hydrogen-bond acceptors (Lipinski definition) is 6. The van der Waals surface area contributed by atoms with Gasteiger partial charge in [-0.25, -0.2) is 4.79 Å². The van der Waals surface area contributed by atoms with Crippen LogP contribution in [-0.2, 0) is 20.7 Å². The molecular formula is C23H27BN4O4. The first-order valence-corrected chi connectivity index (χ1v) is 10.5. The minimum atomic E-state index is -0.628. The number of nitrogens with one attached hydrogen (secondary N) is 2. The fourth-order valence-electron chi connectivity index (χ4n) is 3.27. The second-order valence-electron chi connectivity index (χ2n) is 8.79. The van der Waals surface area contributed by atoms with E-state index in [2.05, 4.69) is 20.5 Å². The number of aromatic amines is 1. The third kappa shape index (κ3) is 4.84. The Morgan fingerprint density at radius 1 is 1.16 bits per heavy atom. The molecule has 1 aliphatic heterocycles. The van der Waals surface area contributed by atoms with E-state index in [0.29, 0.717) is 5.69 Å². The number of ether oxygens (including phenoxy) is 1. The summed E-state index contributed by atoms with van der Waals surface area (Å²) < 4.78 is 17.7. The first-order valence-electron chi connectivity index (χ1n) is 10.5. The van der Waals surface area contributed by atoms with Crippen LogP contribution in [0.15, 0.2) is 54.3 Å². The van der Waals surface area contributed by atoms with Crippen molar-refractivity contribution in [1.29, 1.82) is 0 Å². The van der Waals surface area contributed by atoms with Gasteiger partial charge in [0.05, 0.1) is 34.8 Å². The molecule has 0 aliphatic carbocycles. The van der Waals surface area contributed by atoms with Crippen LogP contribution in [0, 0.1) is 0 Å². The monoisotopic (exact) mass is 434 g/mol. The third-order valence-electron chi connectivity index (χ3n) is 5.88. The first-order chi connectivity index (χ1) is 15.2. The Morgan fingerprint density at radius 3 is 2.59 bits per heavy atom. The number of fused-ring (bicyclic) bond motifs is 1. The van der Waals surface area contributed by atoms with Crippen LogP contribution >= 0.6 is 0 Å². The zero-order valence-electron chi connectivity index (χ0n) is 18.7. The molecule has 0 unspecified atom stereocenters. The average molecular weight is 434 g/mol. The molecule has 3 heterocycles. The Balaban J connectivity index is 1.50. The van der Waals surface area contributed by atoms with Gasteiger partial charge in [0, 0.05) is 11.9 Å². The fraction of sp³-hybridized carbons (Fsp3) is 0.348. The van der Waals surface area contributed by atoms with Crippen molar-refractivity contribution in [3.05, 3.63) is 65.5 Å². The maximum atomic E-state index is 12.3. The summed E-state index contributed by atoms with van der Waals surface area (Å²) in [5.74, 6) is 0. The fourth-order valence-corrected chi connectivity index (χ4v) is 3.27. The Kier molecular flexibility index (Phi) is 6.03. The highest BCUT2D eigenvalue weighted by atomic mass is 16.7. The Hall–Kier alpha value is -3.17. The Morgan fingerprint density at radius 2 is 1.88 bits per heavy atom. The maximum Gasteiger partial charge on any atom is 0.492 e. The van der Waals surface area contributed by atoms with Crippen molar-refractivity contribution >= 4 is 30.2 Å². The smallest absolute Gasteiger partial charge is 0.445 e. The lowest BCUT2D eigenvalue weighted by Crippen LogP contribution is -2.41. The number of H-pyrrole nitrogens is 1. The highest BCUT2D eigenvalue weighted by Crippen LogP contribution is 2.38. The molecule has 1 fully saturated rings. The second kappa shape index (κ2) is 8.76. The lowest BCUT2D eigenvalue weighted by atomic mass is 9.77. The Bertz CT molecular complexity index is 1110. The van der Waals surface area contributed by atoms with E-state index in [0.717, 1.165) is 21.9 Å². The van der Waals surface area contributed by atoms with Crippen LogP contribution in [0.2, 0.25) is 0 Å². The van der Waals surface area contributed by atoms with Crippen molar-refractivity contribution in [2.45, 2.75) is 45.5 Å². The molecule has 0 radical (unpaired) electrons. The van der Waals surface area contributed by atoms with Gasteiger partial charge in [-0.1, -0.05) is 30.3 Å². The number of benzene rings is 1. The summed E-state index contributed by atoms with van der Waals surface area (Å²) in [5.41, 5.74) is 2.20. The number of carbonyl (C=O) groups is 1. The van der Waals surface area contributed by atoms with Gasteiger partial charge >= 0.3 is 13.2 Å². The summed E-state index contributed by atoms with van der Waals surface area (Å²) in [4.78, 5) is 16.8. The highest BCUT2D eigenvalue weighted by molar-refractivity contribution is 6.56. The molecule has 0 saturated carbocycles. The van der Waals surface area contributed by atoms with Gasteiger partial charge in [-0.05, 0) is 50.9 Å². The summed E-state index contributed by atoms with van der Waals surface area (Å²) in [5, 5.41) is 10.7. The topological polar surface area (TPSA) is 98.4 Å². The molecule has 0 spiro atoms. The van der Waals surface area contributed by atoms with Crippen molar-refractivity contribution in [3.8, 4) is 0 Å². The zero-order chi connectivity index (χ0) is 22.8. The van der Waals surface area contributed by atoms with E-state index in [1.54, 1.807) is 12.4 Å². The molecule has 0 bridgehead atoms. The molecule has 4 rings (SSSR count). The predicted molar refractivity (Wildman–Crippen MR) is 123 cm³/mol. The quantitative estimate of drug-likeness (QED) is 0.571. The summed E-state index contributed by atoms with van der Waals surface area (Å²) in [6.45, 7) is 8.34. The molecule has 3 aromatic rings. The molecule has 166 valence electrons. The van der Waals surface area contributed by atoms with Crippen molar-refractivity contribution in [2.24, 2.45) is 0 Å². The van der Waals surface area contributed by atoms with E-state index in [4.69, 9.17) is 14.0 Å². The minimum Gasteiger partial charge on any atom is -0.445 e. The molecule has 8 nitrogen and oxygen atoms in total.